The molecule has 0 aliphatic carbocycles. The molecule has 2 amide bonds. The minimum Gasteiger partial charge on any atom is -0.497 e. The Bertz CT molecular complexity index is 545. The molecule has 126 valence electrons. The second-order valence-corrected chi connectivity index (χ2v) is 6.96. The summed E-state index contributed by atoms with van der Waals surface area (Å²) < 4.78 is 5.17. The van der Waals surface area contributed by atoms with Gasteiger partial charge in [0, 0.05) is 25.3 Å². The van der Waals surface area contributed by atoms with Crippen LogP contribution in [0.15, 0.2) is 24.3 Å². The molecule has 1 fully saturated rings. The number of rotatable bonds is 7. The summed E-state index contributed by atoms with van der Waals surface area (Å²) in [4.78, 5) is 25.5. The van der Waals surface area contributed by atoms with E-state index in [1.807, 2.05) is 24.3 Å². The molecule has 0 radical (unpaired) electrons. The molecule has 0 aromatic heterocycles. The van der Waals surface area contributed by atoms with Crippen LogP contribution >= 0.6 is 11.8 Å². The van der Waals surface area contributed by atoms with Gasteiger partial charge in [0.05, 0.1) is 13.2 Å². The van der Waals surface area contributed by atoms with Crippen molar-refractivity contribution in [3.63, 3.8) is 0 Å². The molecule has 5 nitrogen and oxygen atoms in total. The van der Waals surface area contributed by atoms with Gasteiger partial charge in [-0.05, 0) is 23.6 Å². The zero-order valence-corrected chi connectivity index (χ0v) is 14.7. The van der Waals surface area contributed by atoms with E-state index >= 15 is 0 Å². The number of nitrogens with one attached hydrogen (secondary N) is 1. The Morgan fingerprint density at radius 1 is 1.35 bits per heavy atom. The molecule has 0 unspecified atom stereocenters. The van der Waals surface area contributed by atoms with Crippen LogP contribution in [0.25, 0.3) is 0 Å². The molecular weight excluding hydrogens is 312 g/mol. The zero-order chi connectivity index (χ0) is 16.8. The third-order valence-corrected chi connectivity index (χ3v) is 4.80. The van der Waals surface area contributed by atoms with E-state index in [0.29, 0.717) is 13.0 Å². The smallest absolute Gasteiger partial charge is 0.281 e. The summed E-state index contributed by atoms with van der Waals surface area (Å²) in [6.07, 6.45) is 0.339. The summed E-state index contributed by atoms with van der Waals surface area (Å²) in [6.45, 7) is 5.39. The van der Waals surface area contributed by atoms with Crippen LogP contribution in [0.2, 0.25) is 0 Å². The van der Waals surface area contributed by atoms with Crippen molar-refractivity contribution in [1.82, 2.24) is 10.2 Å². The monoisotopic (exact) mass is 336 g/mol. The number of amides is 2. The number of thioether (sulfide) groups is 1. The summed E-state index contributed by atoms with van der Waals surface area (Å²) in [7, 11) is 1.63. The van der Waals surface area contributed by atoms with Crippen LogP contribution < -0.4 is 10.1 Å². The molecule has 1 aromatic carbocycles. The number of hydrogen-bond acceptors (Lipinski definition) is 4. The van der Waals surface area contributed by atoms with E-state index in [0.717, 1.165) is 23.6 Å². The molecule has 0 saturated carbocycles. The summed E-state index contributed by atoms with van der Waals surface area (Å²) >= 11 is 1.32. The highest BCUT2D eigenvalue weighted by atomic mass is 32.2. The van der Waals surface area contributed by atoms with Crippen LogP contribution in [-0.4, -0.2) is 42.0 Å². The van der Waals surface area contributed by atoms with E-state index in [4.69, 9.17) is 4.74 Å². The fraction of sp³-hybridized carbons (Fsp3) is 0.529. The predicted octanol–water partition coefficient (Wildman–Crippen LogP) is 3.07. The lowest BCUT2D eigenvalue weighted by Gasteiger charge is -2.24. The Labute approximate surface area is 141 Å². The van der Waals surface area contributed by atoms with Gasteiger partial charge in [-0.2, -0.15) is 0 Å². The van der Waals surface area contributed by atoms with Gasteiger partial charge in [-0.15, -0.1) is 0 Å². The maximum atomic E-state index is 12.2. The molecule has 6 heteroatoms. The van der Waals surface area contributed by atoms with Gasteiger partial charge in [0.2, 0.25) is 5.91 Å². The highest BCUT2D eigenvalue weighted by Crippen LogP contribution is 2.24. The summed E-state index contributed by atoms with van der Waals surface area (Å²) in [6, 6.07) is 7.71. The first-order chi connectivity index (χ1) is 11.0. The summed E-state index contributed by atoms with van der Waals surface area (Å²) in [5.74, 6) is 1.87. The zero-order valence-electron chi connectivity index (χ0n) is 13.9. The van der Waals surface area contributed by atoms with Gasteiger partial charge in [-0.25, -0.2) is 0 Å². The molecule has 23 heavy (non-hydrogen) atoms. The van der Waals surface area contributed by atoms with Crippen LogP contribution in [0.3, 0.4) is 0 Å². The number of nitrogens with zero attached hydrogens (tertiary/aromatic N) is 1. The van der Waals surface area contributed by atoms with Gasteiger partial charge in [0.15, 0.2) is 0 Å². The van der Waals surface area contributed by atoms with Crippen molar-refractivity contribution in [2.45, 2.75) is 26.3 Å². The van der Waals surface area contributed by atoms with Gasteiger partial charge in [0.1, 0.15) is 5.75 Å². The fourth-order valence-corrected chi connectivity index (χ4v) is 3.41. The Morgan fingerprint density at radius 2 is 2.04 bits per heavy atom. The van der Waals surface area contributed by atoms with E-state index in [1.54, 1.807) is 12.0 Å². The summed E-state index contributed by atoms with van der Waals surface area (Å²) in [5, 5.41) is 3.16. The third-order valence-electron chi connectivity index (χ3n) is 3.91. The molecule has 1 atom stereocenters. The maximum absolute atomic E-state index is 12.2. The normalized spacial score (nSPS) is 15.8. The van der Waals surface area contributed by atoms with Crippen LogP contribution in [0.1, 0.15) is 31.9 Å². The Morgan fingerprint density at radius 3 is 2.57 bits per heavy atom. The van der Waals surface area contributed by atoms with E-state index in [1.165, 1.54) is 11.8 Å². The van der Waals surface area contributed by atoms with Crippen LogP contribution in [-0.2, 0) is 4.79 Å². The first-order valence-corrected chi connectivity index (χ1v) is 8.85. The second kappa shape index (κ2) is 8.24. The van der Waals surface area contributed by atoms with Crippen LogP contribution in [0.5, 0.6) is 5.75 Å². The number of carbonyl (C=O) groups is 2. The topological polar surface area (TPSA) is 58.6 Å². The lowest BCUT2D eigenvalue weighted by atomic mass is 9.96. The largest absolute Gasteiger partial charge is 0.497 e. The van der Waals surface area contributed by atoms with Gasteiger partial charge in [-0.3, -0.25) is 9.59 Å². The number of carbonyl (C=O) groups excluding carboxylic acids is 2. The molecule has 1 N–H and O–H groups in total. The van der Waals surface area contributed by atoms with Gasteiger partial charge >= 0.3 is 0 Å². The van der Waals surface area contributed by atoms with Crippen molar-refractivity contribution >= 4 is 22.9 Å². The number of benzene rings is 1. The molecule has 2 rings (SSSR count). The molecule has 1 saturated heterocycles. The average Bonchev–Trinajstić information content (AvgIpc) is 2.95. The number of methoxy groups -OCH3 is 1. The number of hydrogen-bond donors (Lipinski definition) is 1. The lowest BCUT2D eigenvalue weighted by molar-refractivity contribution is -0.122. The van der Waals surface area contributed by atoms with Crippen molar-refractivity contribution in [3.05, 3.63) is 29.8 Å². The molecule has 0 bridgehead atoms. The Balaban J connectivity index is 1.92. The highest BCUT2D eigenvalue weighted by molar-refractivity contribution is 8.13. The molecular formula is C17H24N2O3S. The van der Waals surface area contributed by atoms with E-state index in [-0.39, 0.29) is 23.1 Å². The van der Waals surface area contributed by atoms with E-state index < -0.39 is 0 Å². The van der Waals surface area contributed by atoms with Crippen molar-refractivity contribution in [1.29, 1.82) is 0 Å². The van der Waals surface area contributed by atoms with Gasteiger partial charge in [-0.1, -0.05) is 37.7 Å². The molecule has 1 aliphatic heterocycles. The molecule has 0 spiro atoms. The Hall–Kier alpha value is -1.69. The third kappa shape index (κ3) is 4.89. The first-order valence-electron chi connectivity index (χ1n) is 7.86. The minimum atomic E-state index is -0.0444. The predicted molar refractivity (Wildman–Crippen MR) is 92.8 cm³/mol. The van der Waals surface area contributed by atoms with Crippen LogP contribution in [0, 0.1) is 5.92 Å². The van der Waals surface area contributed by atoms with E-state index in [2.05, 4.69) is 19.2 Å². The SMILES string of the molecule is COc1ccc([C@@H](NC(=O)CCN2CCSC2=O)C(C)C)cc1. The highest BCUT2D eigenvalue weighted by Gasteiger charge is 2.23. The van der Waals surface area contributed by atoms with E-state index in [9.17, 15) is 9.59 Å². The van der Waals surface area contributed by atoms with Gasteiger partial charge in [0.25, 0.3) is 5.24 Å². The maximum Gasteiger partial charge on any atom is 0.281 e. The Kier molecular flexibility index (Phi) is 6.33. The molecule has 1 aliphatic rings. The van der Waals surface area contributed by atoms with Crippen molar-refractivity contribution < 1.29 is 14.3 Å². The molecule has 1 aromatic rings. The first kappa shape index (κ1) is 17.7. The van der Waals surface area contributed by atoms with Crippen molar-refractivity contribution in [2.24, 2.45) is 5.92 Å². The van der Waals surface area contributed by atoms with Crippen molar-refractivity contribution in [2.75, 3.05) is 26.0 Å². The second-order valence-electron chi connectivity index (χ2n) is 5.91. The van der Waals surface area contributed by atoms with Crippen LogP contribution in [0.4, 0.5) is 4.79 Å². The standard InChI is InChI=1S/C17H24N2O3S/c1-12(2)16(13-4-6-14(22-3)7-5-13)18-15(20)8-9-19-10-11-23-17(19)21/h4-7,12,16H,8-11H2,1-3H3,(H,18,20)/t16-/m0/s1. The summed E-state index contributed by atoms with van der Waals surface area (Å²) in [5.41, 5.74) is 1.06. The van der Waals surface area contributed by atoms with Crippen molar-refractivity contribution in [3.8, 4) is 5.75 Å². The molecule has 1 heterocycles. The fourth-order valence-electron chi connectivity index (χ4n) is 2.56. The minimum absolute atomic E-state index is 0.0239. The number of ether oxygens (including phenoxy) is 1. The quantitative estimate of drug-likeness (QED) is 0.831. The average molecular weight is 336 g/mol. The van der Waals surface area contributed by atoms with Gasteiger partial charge < -0.3 is 15.0 Å². The lowest BCUT2D eigenvalue weighted by Crippen LogP contribution is -2.35.